The second-order valence-corrected chi connectivity index (χ2v) is 10.5. The molecule has 4 aliphatic rings. The van der Waals surface area contributed by atoms with Gasteiger partial charge in [-0.1, -0.05) is 60.1 Å². The van der Waals surface area contributed by atoms with Crippen molar-refractivity contribution in [3.63, 3.8) is 0 Å². The highest BCUT2D eigenvalue weighted by Gasteiger charge is 2.62. The number of hydrogen-bond donors (Lipinski definition) is 2. The van der Waals surface area contributed by atoms with Crippen LogP contribution >= 0.6 is 11.6 Å². The maximum atomic E-state index is 13.7. The van der Waals surface area contributed by atoms with Gasteiger partial charge in [0.15, 0.2) is 6.61 Å². The summed E-state index contributed by atoms with van der Waals surface area (Å²) >= 11 is 5.81. The lowest BCUT2D eigenvalue weighted by Crippen LogP contribution is -2.47. The van der Waals surface area contributed by atoms with E-state index in [0.29, 0.717) is 5.02 Å². The van der Waals surface area contributed by atoms with Crippen molar-refractivity contribution in [3.8, 4) is 0 Å². The smallest absolute Gasteiger partial charge is 0.329 e. The summed E-state index contributed by atoms with van der Waals surface area (Å²) in [5.74, 6) is -4.94. The van der Waals surface area contributed by atoms with Gasteiger partial charge in [0.1, 0.15) is 6.04 Å². The molecule has 3 aliphatic carbocycles. The van der Waals surface area contributed by atoms with Gasteiger partial charge in [-0.3, -0.25) is 34.9 Å². The van der Waals surface area contributed by atoms with E-state index in [2.05, 4.69) is 10.9 Å². The Balaban J connectivity index is 1.13. The van der Waals surface area contributed by atoms with E-state index in [4.69, 9.17) is 16.3 Å². The molecule has 202 valence electrons. The van der Waals surface area contributed by atoms with E-state index in [1.807, 2.05) is 48.5 Å². The second-order valence-electron chi connectivity index (χ2n) is 10.1. The van der Waals surface area contributed by atoms with Gasteiger partial charge in [-0.25, -0.2) is 4.79 Å². The lowest BCUT2D eigenvalue weighted by molar-refractivity contribution is -0.159. The first kappa shape index (κ1) is 25.8. The predicted octanol–water partition coefficient (Wildman–Crippen LogP) is 2.92. The third-order valence-electron chi connectivity index (χ3n) is 7.98. The van der Waals surface area contributed by atoms with E-state index in [1.165, 1.54) is 31.2 Å². The van der Waals surface area contributed by atoms with E-state index in [1.54, 1.807) is 0 Å². The highest BCUT2D eigenvalue weighted by molar-refractivity contribution is 6.30. The van der Waals surface area contributed by atoms with Gasteiger partial charge in [-0.15, -0.1) is 0 Å². The molecule has 2 bridgehead atoms. The van der Waals surface area contributed by atoms with Crippen LogP contribution in [0.5, 0.6) is 0 Å². The quantitative estimate of drug-likeness (QED) is 0.283. The standard InChI is InChI=1S/C30H24ClN3O6/c1-15(30(39)40-14-22(35)32-33-27(36)16-10-12-17(31)13-11-16)34-28(37)25-23-18-6-2-3-7-19(18)24(26(25)29(34)38)21-9-5-4-8-20(21)23/h2-13,15,23-26H,14H2,1H3,(H,32,35)(H,33,36)/t15-,23?,24?,25-,26+/m1/s1. The van der Waals surface area contributed by atoms with Crippen LogP contribution in [0, 0.1) is 11.8 Å². The van der Waals surface area contributed by atoms with E-state index in [-0.39, 0.29) is 17.4 Å². The van der Waals surface area contributed by atoms with E-state index in [0.717, 1.165) is 27.2 Å². The number of carbonyl (C=O) groups is 5. The van der Waals surface area contributed by atoms with Gasteiger partial charge in [0.25, 0.3) is 11.8 Å². The normalized spacial score (nSPS) is 22.6. The Hall–Kier alpha value is -4.50. The fourth-order valence-corrected chi connectivity index (χ4v) is 6.41. The molecule has 0 spiro atoms. The average molecular weight is 558 g/mol. The summed E-state index contributed by atoms with van der Waals surface area (Å²) in [5.41, 5.74) is 8.77. The molecule has 0 saturated carbocycles. The lowest BCUT2D eigenvalue weighted by Gasteiger charge is -2.45. The molecule has 7 rings (SSSR count). The van der Waals surface area contributed by atoms with Crippen LogP contribution < -0.4 is 10.9 Å². The van der Waals surface area contributed by atoms with Crippen LogP contribution in [0.25, 0.3) is 0 Å². The largest absolute Gasteiger partial charge is 0.454 e. The Kier molecular flexibility index (Phi) is 6.38. The van der Waals surface area contributed by atoms with Crippen molar-refractivity contribution in [1.82, 2.24) is 15.8 Å². The van der Waals surface area contributed by atoms with Crippen LogP contribution in [-0.4, -0.2) is 47.1 Å². The first-order valence-corrected chi connectivity index (χ1v) is 13.2. The third kappa shape index (κ3) is 4.05. The summed E-state index contributed by atoms with van der Waals surface area (Å²) in [7, 11) is 0. The minimum Gasteiger partial charge on any atom is -0.454 e. The summed E-state index contributed by atoms with van der Waals surface area (Å²) in [5, 5.41) is 0.456. The van der Waals surface area contributed by atoms with Crippen LogP contribution in [0.4, 0.5) is 0 Å². The number of esters is 1. The summed E-state index contributed by atoms with van der Waals surface area (Å²) in [6.07, 6.45) is 0. The molecule has 1 fully saturated rings. The molecule has 0 aromatic heterocycles. The zero-order valence-electron chi connectivity index (χ0n) is 21.3. The number of rotatable bonds is 5. The summed E-state index contributed by atoms with van der Waals surface area (Å²) in [6, 6.07) is 20.5. The third-order valence-corrected chi connectivity index (χ3v) is 8.23. The molecule has 3 aromatic rings. The number of likely N-dealkylation sites (tertiary alicyclic amines) is 1. The van der Waals surface area contributed by atoms with Gasteiger partial charge in [0.2, 0.25) is 11.8 Å². The van der Waals surface area contributed by atoms with Crippen LogP contribution in [0.2, 0.25) is 5.02 Å². The molecular weight excluding hydrogens is 534 g/mol. The molecule has 0 radical (unpaired) electrons. The van der Waals surface area contributed by atoms with Gasteiger partial charge in [0, 0.05) is 22.4 Å². The molecule has 1 heterocycles. The SMILES string of the molecule is C[C@H](C(=O)OCC(=O)NNC(=O)c1ccc(Cl)cc1)N1C(=O)[C@@H]2C3c4ccccc4C(c4ccccc43)[C@@H]2C1=O. The molecule has 10 heteroatoms. The van der Waals surface area contributed by atoms with Crippen molar-refractivity contribution in [2.75, 3.05) is 6.61 Å². The Bertz CT molecular complexity index is 1460. The van der Waals surface area contributed by atoms with Crippen LogP contribution in [0.1, 0.15) is 51.4 Å². The fraction of sp³-hybridized carbons (Fsp3) is 0.233. The maximum absolute atomic E-state index is 13.7. The highest BCUT2D eigenvalue weighted by Crippen LogP contribution is 2.61. The van der Waals surface area contributed by atoms with E-state index < -0.39 is 54.1 Å². The summed E-state index contributed by atoms with van der Waals surface area (Å²) < 4.78 is 5.11. The monoisotopic (exact) mass is 557 g/mol. The predicted molar refractivity (Wildman–Crippen MR) is 143 cm³/mol. The number of nitrogens with one attached hydrogen (secondary N) is 2. The van der Waals surface area contributed by atoms with Crippen molar-refractivity contribution in [3.05, 3.63) is 106 Å². The van der Waals surface area contributed by atoms with Crippen molar-refractivity contribution in [2.24, 2.45) is 11.8 Å². The Morgan fingerprint density at radius 1 is 0.800 bits per heavy atom. The van der Waals surface area contributed by atoms with Gasteiger partial charge < -0.3 is 4.74 Å². The van der Waals surface area contributed by atoms with Crippen LogP contribution in [0.15, 0.2) is 72.8 Å². The van der Waals surface area contributed by atoms with Crippen molar-refractivity contribution in [2.45, 2.75) is 24.8 Å². The van der Waals surface area contributed by atoms with Crippen molar-refractivity contribution < 1.29 is 28.7 Å². The number of halogens is 1. The average Bonchev–Trinajstić information content (AvgIpc) is 3.24. The van der Waals surface area contributed by atoms with E-state index in [9.17, 15) is 24.0 Å². The number of hydrazine groups is 1. The minimum atomic E-state index is -1.23. The number of benzene rings is 3. The second kappa shape index (κ2) is 9.91. The minimum absolute atomic E-state index is 0.265. The van der Waals surface area contributed by atoms with Crippen LogP contribution in [-0.2, 0) is 23.9 Å². The van der Waals surface area contributed by atoms with Gasteiger partial charge >= 0.3 is 5.97 Å². The Morgan fingerprint density at radius 3 is 1.75 bits per heavy atom. The molecular formula is C30H24ClN3O6. The number of hydrogen-bond acceptors (Lipinski definition) is 6. The molecule has 0 unspecified atom stereocenters. The van der Waals surface area contributed by atoms with Gasteiger partial charge in [-0.05, 0) is 53.4 Å². The summed E-state index contributed by atoms with van der Waals surface area (Å²) in [4.78, 5) is 65.7. The van der Waals surface area contributed by atoms with Gasteiger partial charge in [-0.2, -0.15) is 0 Å². The maximum Gasteiger partial charge on any atom is 0.329 e. The highest BCUT2D eigenvalue weighted by atomic mass is 35.5. The van der Waals surface area contributed by atoms with Crippen LogP contribution in [0.3, 0.4) is 0 Å². The fourth-order valence-electron chi connectivity index (χ4n) is 6.28. The first-order valence-electron chi connectivity index (χ1n) is 12.8. The molecule has 1 saturated heterocycles. The number of nitrogens with zero attached hydrogens (tertiary/aromatic N) is 1. The number of amides is 4. The molecule has 3 aromatic carbocycles. The number of carbonyl (C=O) groups excluding carboxylic acids is 5. The zero-order chi connectivity index (χ0) is 28.1. The lowest BCUT2D eigenvalue weighted by atomic mass is 9.55. The topological polar surface area (TPSA) is 122 Å². The number of ether oxygens (including phenoxy) is 1. The zero-order valence-corrected chi connectivity index (χ0v) is 22.1. The molecule has 2 N–H and O–H groups in total. The van der Waals surface area contributed by atoms with Gasteiger partial charge in [0.05, 0.1) is 11.8 Å². The molecule has 4 amide bonds. The number of imide groups is 1. The summed E-state index contributed by atoms with van der Waals surface area (Å²) in [6.45, 7) is 0.702. The molecule has 1 aliphatic heterocycles. The van der Waals surface area contributed by atoms with Crippen molar-refractivity contribution in [1.29, 1.82) is 0 Å². The Morgan fingerprint density at radius 2 is 1.27 bits per heavy atom. The van der Waals surface area contributed by atoms with E-state index >= 15 is 0 Å². The molecule has 40 heavy (non-hydrogen) atoms. The molecule has 9 nitrogen and oxygen atoms in total. The first-order chi connectivity index (χ1) is 19.3. The molecule has 3 atom stereocenters. The Labute approximate surface area is 234 Å². The van der Waals surface area contributed by atoms with Crippen molar-refractivity contribution >= 4 is 41.2 Å².